The van der Waals surface area contributed by atoms with E-state index < -0.39 is 15.8 Å². The molecule has 1 N–H and O–H groups in total. The van der Waals surface area contributed by atoms with Gasteiger partial charge in [0.15, 0.2) is 9.84 Å². The van der Waals surface area contributed by atoms with Gasteiger partial charge in [0.05, 0.1) is 17.9 Å². The lowest BCUT2D eigenvalue weighted by atomic mass is 9.99. The van der Waals surface area contributed by atoms with Crippen LogP contribution in [0, 0.1) is 5.92 Å². The summed E-state index contributed by atoms with van der Waals surface area (Å²) in [7, 11) is -2.90. The molecule has 0 aromatic heterocycles. The maximum Gasteiger partial charge on any atom is 0.304 e. The third-order valence-electron chi connectivity index (χ3n) is 3.05. The fraction of sp³-hybridized carbons (Fsp3) is 0.909. The van der Waals surface area contributed by atoms with Crippen molar-refractivity contribution in [3.63, 3.8) is 0 Å². The molecule has 17 heavy (non-hydrogen) atoms. The van der Waals surface area contributed by atoms with Crippen molar-refractivity contribution in [3.05, 3.63) is 0 Å². The molecule has 0 aromatic carbocycles. The average molecular weight is 263 g/mol. The molecule has 0 saturated carbocycles. The Balaban J connectivity index is 2.61. The molecule has 0 bridgehead atoms. The summed E-state index contributed by atoms with van der Waals surface area (Å²) < 4.78 is 22.6. The minimum atomic E-state index is -2.90. The molecule has 0 spiro atoms. The van der Waals surface area contributed by atoms with Crippen LogP contribution in [0.4, 0.5) is 0 Å². The Morgan fingerprint density at radius 1 is 1.29 bits per heavy atom. The molecule has 1 unspecified atom stereocenters. The number of hydrogen-bond acceptors (Lipinski definition) is 4. The van der Waals surface area contributed by atoms with Crippen molar-refractivity contribution in [1.82, 2.24) is 4.90 Å². The summed E-state index contributed by atoms with van der Waals surface area (Å²) in [6.45, 7) is 5.03. The van der Waals surface area contributed by atoms with Crippen molar-refractivity contribution in [2.45, 2.75) is 32.7 Å². The molecule has 1 heterocycles. The Labute approximate surface area is 103 Å². The zero-order valence-electron chi connectivity index (χ0n) is 10.4. The van der Waals surface area contributed by atoms with Crippen molar-refractivity contribution >= 4 is 15.8 Å². The standard InChI is InChI=1S/C11H21NO4S/c1-9(2)7-10(8-11(13)14)12-3-5-17(15,16)6-4-12/h9-10H,3-8H2,1-2H3,(H,13,14). The lowest BCUT2D eigenvalue weighted by Crippen LogP contribution is -2.47. The molecule has 6 heteroatoms. The molecule has 0 amide bonds. The lowest BCUT2D eigenvalue weighted by Gasteiger charge is -2.34. The van der Waals surface area contributed by atoms with Gasteiger partial charge < -0.3 is 5.11 Å². The first-order chi connectivity index (χ1) is 7.80. The highest BCUT2D eigenvalue weighted by Crippen LogP contribution is 2.17. The molecule has 0 radical (unpaired) electrons. The van der Waals surface area contributed by atoms with E-state index in [1.54, 1.807) is 0 Å². The minimum absolute atomic E-state index is 0.0389. The largest absolute Gasteiger partial charge is 0.481 e. The third-order valence-corrected chi connectivity index (χ3v) is 4.66. The maximum atomic E-state index is 11.3. The van der Waals surface area contributed by atoms with Crippen molar-refractivity contribution in [3.8, 4) is 0 Å². The minimum Gasteiger partial charge on any atom is -0.481 e. The predicted octanol–water partition coefficient (Wildman–Crippen LogP) is 0.606. The van der Waals surface area contributed by atoms with E-state index in [1.807, 2.05) is 4.90 Å². The van der Waals surface area contributed by atoms with Crippen LogP contribution in [0.5, 0.6) is 0 Å². The van der Waals surface area contributed by atoms with Crippen molar-refractivity contribution in [1.29, 1.82) is 0 Å². The Morgan fingerprint density at radius 2 is 1.82 bits per heavy atom. The van der Waals surface area contributed by atoms with Gasteiger partial charge in [-0.1, -0.05) is 13.8 Å². The summed E-state index contributed by atoms with van der Waals surface area (Å²) >= 11 is 0. The van der Waals surface area contributed by atoms with Crippen LogP contribution in [0.3, 0.4) is 0 Å². The van der Waals surface area contributed by atoms with Crippen LogP contribution in [0.1, 0.15) is 26.7 Å². The van der Waals surface area contributed by atoms with Gasteiger partial charge in [0.2, 0.25) is 0 Å². The molecular weight excluding hydrogens is 242 g/mol. The number of carboxylic acids is 1. The molecule has 1 saturated heterocycles. The first kappa shape index (κ1) is 14.4. The van der Waals surface area contributed by atoms with Gasteiger partial charge in [-0.3, -0.25) is 9.69 Å². The number of rotatable bonds is 5. The van der Waals surface area contributed by atoms with Gasteiger partial charge >= 0.3 is 5.97 Å². The van der Waals surface area contributed by atoms with E-state index in [2.05, 4.69) is 13.8 Å². The SMILES string of the molecule is CC(C)CC(CC(=O)O)N1CCS(=O)(=O)CC1. The summed E-state index contributed by atoms with van der Waals surface area (Å²) in [5.74, 6) is -0.0930. The molecule has 1 rings (SSSR count). The Morgan fingerprint density at radius 3 is 2.24 bits per heavy atom. The average Bonchev–Trinajstić information content (AvgIpc) is 2.14. The van der Waals surface area contributed by atoms with E-state index in [9.17, 15) is 13.2 Å². The molecule has 1 aliphatic rings. The van der Waals surface area contributed by atoms with Crippen molar-refractivity contribution in [2.75, 3.05) is 24.6 Å². The topological polar surface area (TPSA) is 74.7 Å². The van der Waals surface area contributed by atoms with Crippen LogP contribution in [-0.2, 0) is 14.6 Å². The monoisotopic (exact) mass is 263 g/mol. The van der Waals surface area contributed by atoms with E-state index in [4.69, 9.17) is 5.11 Å². The quantitative estimate of drug-likeness (QED) is 0.786. The summed E-state index contributed by atoms with van der Waals surface area (Å²) in [4.78, 5) is 12.8. The van der Waals surface area contributed by atoms with Gasteiger partial charge in [0.1, 0.15) is 0 Å². The fourth-order valence-electron chi connectivity index (χ4n) is 2.20. The first-order valence-electron chi connectivity index (χ1n) is 5.96. The molecule has 0 aliphatic carbocycles. The second-order valence-corrected chi connectivity index (χ2v) is 7.37. The van der Waals surface area contributed by atoms with Crippen molar-refractivity contribution in [2.24, 2.45) is 5.92 Å². The molecule has 1 aliphatic heterocycles. The second kappa shape index (κ2) is 5.82. The molecule has 1 atom stereocenters. The van der Waals surface area contributed by atoms with Crippen LogP contribution < -0.4 is 0 Å². The van der Waals surface area contributed by atoms with Gasteiger partial charge in [-0.15, -0.1) is 0 Å². The van der Waals surface area contributed by atoms with Crippen LogP contribution in [0.15, 0.2) is 0 Å². The van der Waals surface area contributed by atoms with Crippen molar-refractivity contribution < 1.29 is 18.3 Å². The van der Waals surface area contributed by atoms with Gasteiger partial charge in [0.25, 0.3) is 0 Å². The summed E-state index contributed by atoms with van der Waals surface area (Å²) in [5, 5.41) is 8.89. The highest BCUT2D eigenvalue weighted by atomic mass is 32.2. The molecular formula is C11H21NO4S. The second-order valence-electron chi connectivity index (χ2n) is 5.07. The van der Waals surface area contributed by atoms with Crippen LogP contribution >= 0.6 is 0 Å². The van der Waals surface area contributed by atoms with E-state index >= 15 is 0 Å². The maximum absolute atomic E-state index is 11.3. The van der Waals surface area contributed by atoms with Gasteiger partial charge in [0, 0.05) is 19.1 Å². The van der Waals surface area contributed by atoms with E-state index in [0.717, 1.165) is 6.42 Å². The summed E-state index contributed by atoms with van der Waals surface area (Å²) in [6, 6.07) is -0.0389. The normalized spacial score (nSPS) is 22.5. The van der Waals surface area contributed by atoms with Gasteiger partial charge in [-0.25, -0.2) is 8.42 Å². The predicted molar refractivity (Wildman–Crippen MR) is 65.7 cm³/mol. The fourth-order valence-corrected chi connectivity index (χ4v) is 3.43. The lowest BCUT2D eigenvalue weighted by molar-refractivity contribution is -0.138. The zero-order chi connectivity index (χ0) is 13.1. The smallest absolute Gasteiger partial charge is 0.304 e. The van der Waals surface area contributed by atoms with Crippen LogP contribution in [0.25, 0.3) is 0 Å². The molecule has 100 valence electrons. The number of carboxylic acid groups (broad SMARTS) is 1. The van der Waals surface area contributed by atoms with Crippen LogP contribution in [0.2, 0.25) is 0 Å². The summed E-state index contributed by atoms with van der Waals surface area (Å²) in [6.07, 6.45) is 0.893. The van der Waals surface area contributed by atoms with E-state index in [-0.39, 0.29) is 24.0 Å². The van der Waals surface area contributed by atoms with E-state index in [1.165, 1.54) is 0 Å². The number of nitrogens with zero attached hydrogens (tertiary/aromatic N) is 1. The number of hydrogen-bond donors (Lipinski definition) is 1. The van der Waals surface area contributed by atoms with Gasteiger partial charge in [-0.2, -0.15) is 0 Å². The Bertz CT molecular complexity index is 350. The zero-order valence-corrected chi connectivity index (χ0v) is 11.2. The first-order valence-corrected chi connectivity index (χ1v) is 7.78. The Kier molecular flexibility index (Phi) is 4.94. The van der Waals surface area contributed by atoms with E-state index in [0.29, 0.717) is 19.0 Å². The van der Waals surface area contributed by atoms with Gasteiger partial charge in [-0.05, 0) is 12.3 Å². The highest BCUT2D eigenvalue weighted by molar-refractivity contribution is 7.91. The molecule has 5 nitrogen and oxygen atoms in total. The molecule has 1 fully saturated rings. The number of carbonyl (C=O) groups is 1. The highest BCUT2D eigenvalue weighted by Gasteiger charge is 2.28. The molecule has 0 aromatic rings. The number of sulfone groups is 1. The summed E-state index contributed by atoms with van der Waals surface area (Å²) in [5.41, 5.74) is 0. The Hall–Kier alpha value is -0.620. The van der Waals surface area contributed by atoms with Crippen LogP contribution in [-0.4, -0.2) is 55.0 Å². The third kappa shape index (κ3) is 5.04. The number of aliphatic carboxylic acids is 1.